The van der Waals surface area contributed by atoms with Crippen molar-refractivity contribution in [1.29, 1.82) is 0 Å². The third-order valence-corrected chi connectivity index (χ3v) is 7.84. The molecule has 38 heavy (non-hydrogen) atoms. The van der Waals surface area contributed by atoms with E-state index in [2.05, 4.69) is 0 Å². The van der Waals surface area contributed by atoms with Gasteiger partial charge in [-0.1, -0.05) is 19.1 Å². The van der Waals surface area contributed by atoms with Gasteiger partial charge >= 0.3 is 0 Å². The number of carbonyl (C=O) groups is 3. The predicted octanol–water partition coefficient (Wildman–Crippen LogP) is 2.48. The minimum absolute atomic E-state index is 0.00292. The van der Waals surface area contributed by atoms with Crippen molar-refractivity contribution in [3.8, 4) is 17.2 Å². The molecular weight excluding hydrogens is 496 g/mol. The zero-order valence-electron chi connectivity index (χ0n) is 21.3. The number of ketones is 3. The number of methoxy groups -OCH3 is 1. The van der Waals surface area contributed by atoms with Gasteiger partial charge in [0, 0.05) is 42.4 Å². The summed E-state index contributed by atoms with van der Waals surface area (Å²) in [6.45, 7) is 3.27. The molecule has 4 N–H and O–H groups in total. The second-order valence-corrected chi connectivity index (χ2v) is 10.1. The van der Waals surface area contributed by atoms with Crippen LogP contribution >= 0.6 is 0 Å². The second kappa shape index (κ2) is 9.46. The molecule has 3 aliphatic rings. The molecule has 1 aliphatic heterocycles. The Balaban J connectivity index is 1.69. The topological polar surface area (TPSA) is 160 Å². The fourth-order valence-corrected chi connectivity index (χ4v) is 5.80. The fourth-order valence-electron chi connectivity index (χ4n) is 5.80. The van der Waals surface area contributed by atoms with E-state index in [9.17, 15) is 34.8 Å². The first kappa shape index (κ1) is 26.3. The van der Waals surface area contributed by atoms with Crippen molar-refractivity contribution < 1.29 is 49.0 Å². The molecular formula is C28H30O10. The molecule has 2 aliphatic carbocycles. The number of ether oxygens (including phenoxy) is 3. The van der Waals surface area contributed by atoms with Gasteiger partial charge < -0.3 is 34.6 Å². The molecule has 0 spiro atoms. The van der Waals surface area contributed by atoms with Crippen LogP contribution in [0.5, 0.6) is 17.2 Å². The third-order valence-electron chi connectivity index (χ3n) is 7.84. The van der Waals surface area contributed by atoms with Gasteiger partial charge in [0.1, 0.15) is 22.8 Å². The van der Waals surface area contributed by atoms with Crippen molar-refractivity contribution in [2.45, 2.75) is 76.2 Å². The maximum Gasteiger partial charge on any atom is 0.202 e. The van der Waals surface area contributed by atoms with E-state index in [0.717, 1.165) is 0 Å². The number of phenolic OH excluding ortho intramolecular Hbond substituents is 2. The first-order chi connectivity index (χ1) is 18.0. The Bertz CT molecular complexity index is 1350. The maximum atomic E-state index is 13.6. The summed E-state index contributed by atoms with van der Waals surface area (Å²) in [4.78, 5) is 40.0. The van der Waals surface area contributed by atoms with Gasteiger partial charge in [0.25, 0.3) is 0 Å². The molecule has 0 unspecified atom stereocenters. The molecule has 1 saturated heterocycles. The molecule has 10 nitrogen and oxygen atoms in total. The Labute approximate surface area is 218 Å². The number of Topliss-reactive ketones (excluding diaryl/α,β-unsaturated/α-hetero) is 1. The summed E-state index contributed by atoms with van der Waals surface area (Å²) in [6, 6.07) is 4.48. The Morgan fingerprint density at radius 1 is 1.11 bits per heavy atom. The number of aliphatic hydroxyl groups is 2. The quantitative estimate of drug-likeness (QED) is 0.364. The molecule has 2 aromatic rings. The highest BCUT2D eigenvalue weighted by molar-refractivity contribution is 6.31. The van der Waals surface area contributed by atoms with Crippen LogP contribution in [0, 0.1) is 0 Å². The van der Waals surface area contributed by atoms with Crippen molar-refractivity contribution >= 4 is 17.3 Å². The van der Waals surface area contributed by atoms with Crippen molar-refractivity contribution in [2.75, 3.05) is 7.11 Å². The number of phenols is 2. The van der Waals surface area contributed by atoms with Crippen LogP contribution in [0.3, 0.4) is 0 Å². The van der Waals surface area contributed by atoms with E-state index >= 15 is 0 Å². The highest BCUT2D eigenvalue weighted by Crippen LogP contribution is 2.52. The van der Waals surface area contributed by atoms with Gasteiger partial charge in [0.05, 0.1) is 42.1 Å². The summed E-state index contributed by atoms with van der Waals surface area (Å²) in [5, 5.41) is 44.3. The molecule has 10 heteroatoms. The molecule has 1 heterocycles. The molecule has 0 bridgehead atoms. The van der Waals surface area contributed by atoms with Crippen LogP contribution in [0.4, 0.5) is 0 Å². The van der Waals surface area contributed by atoms with Crippen molar-refractivity contribution in [3.63, 3.8) is 0 Å². The zero-order valence-corrected chi connectivity index (χ0v) is 21.3. The summed E-state index contributed by atoms with van der Waals surface area (Å²) in [7, 11) is 1.35. The van der Waals surface area contributed by atoms with Gasteiger partial charge in [0.15, 0.2) is 17.9 Å². The van der Waals surface area contributed by atoms with E-state index in [1.165, 1.54) is 25.3 Å². The van der Waals surface area contributed by atoms with Gasteiger partial charge in [-0.3, -0.25) is 14.4 Å². The Morgan fingerprint density at radius 3 is 2.47 bits per heavy atom. The first-order valence-electron chi connectivity index (χ1n) is 12.6. The minimum atomic E-state index is -1.95. The van der Waals surface area contributed by atoms with Crippen LogP contribution in [0.2, 0.25) is 0 Å². The number of aliphatic hydroxyl groups excluding tert-OH is 1. The van der Waals surface area contributed by atoms with E-state index in [1.54, 1.807) is 13.8 Å². The van der Waals surface area contributed by atoms with Crippen molar-refractivity contribution in [2.24, 2.45) is 0 Å². The highest BCUT2D eigenvalue weighted by Gasteiger charge is 2.49. The molecule has 5 atom stereocenters. The van der Waals surface area contributed by atoms with Crippen LogP contribution in [-0.2, 0) is 20.7 Å². The van der Waals surface area contributed by atoms with E-state index in [4.69, 9.17) is 14.2 Å². The molecule has 0 saturated carbocycles. The SMILES string of the molecule is CCC(=O)[C@]1(O)Cc2c(O)c3c(c(O)c2[C@@H](O[C@H]2CC[C@H](O)[C@H](C)O2)C1)C(=O)c1c(OC)cccc1C3=O. The molecule has 202 valence electrons. The van der Waals surface area contributed by atoms with Gasteiger partial charge in [-0.15, -0.1) is 0 Å². The average Bonchev–Trinajstić information content (AvgIpc) is 2.90. The summed E-state index contributed by atoms with van der Waals surface area (Å²) in [5.74, 6) is -2.93. The molecule has 0 aromatic heterocycles. The standard InChI is InChI=1S/C28H30O10/c1-4-18(30)28(35)10-14-21(17(11-28)38-19-9-8-15(29)12(2)37-19)27(34)23-22(25(14)32)24(31)13-6-5-7-16(36-3)20(13)26(23)33/h5-7,12,15,17,19,29,32,34-35H,4,8-11H2,1-3H3/t12-,15-,17-,19-,28-/m0/s1. The lowest BCUT2D eigenvalue weighted by molar-refractivity contribution is -0.243. The number of carbonyl (C=O) groups excluding carboxylic acids is 3. The fraction of sp³-hybridized carbons (Fsp3) is 0.464. The molecule has 0 radical (unpaired) electrons. The molecule has 0 amide bonds. The van der Waals surface area contributed by atoms with Crippen LogP contribution in [0.15, 0.2) is 18.2 Å². The lowest BCUT2D eigenvalue weighted by atomic mass is 9.71. The van der Waals surface area contributed by atoms with Crippen LogP contribution in [0.25, 0.3) is 0 Å². The van der Waals surface area contributed by atoms with E-state index in [-0.39, 0.29) is 47.3 Å². The number of benzene rings is 2. The van der Waals surface area contributed by atoms with E-state index < -0.39 is 70.2 Å². The second-order valence-electron chi connectivity index (χ2n) is 10.1. The highest BCUT2D eigenvalue weighted by atomic mass is 16.7. The average molecular weight is 527 g/mol. The molecule has 5 rings (SSSR count). The van der Waals surface area contributed by atoms with Gasteiger partial charge in [-0.25, -0.2) is 0 Å². The number of hydrogen-bond donors (Lipinski definition) is 4. The van der Waals surface area contributed by atoms with Crippen molar-refractivity contribution in [1.82, 2.24) is 0 Å². The predicted molar refractivity (Wildman–Crippen MR) is 132 cm³/mol. The lowest BCUT2D eigenvalue weighted by Crippen LogP contribution is -2.47. The summed E-state index contributed by atoms with van der Waals surface area (Å²) in [5.41, 5.74) is -2.81. The normalized spacial score (nSPS) is 28.3. The number of aromatic hydroxyl groups is 2. The van der Waals surface area contributed by atoms with Crippen molar-refractivity contribution in [3.05, 3.63) is 51.6 Å². The Kier molecular flexibility index (Phi) is 6.55. The number of fused-ring (bicyclic) bond motifs is 3. The van der Waals surface area contributed by atoms with Gasteiger partial charge in [-0.05, 0) is 19.4 Å². The van der Waals surface area contributed by atoms with Gasteiger partial charge in [0.2, 0.25) is 5.78 Å². The van der Waals surface area contributed by atoms with Crippen LogP contribution in [-0.4, -0.2) is 69.0 Å². The largest absolute Gasteiger partial charge is 0.507 e. The number of hydrogen-bond acceptors (Lipinski definition) is 10. The minimum Gasteiger partial charge on any atom is -0.507 e. The molecule has 2 aromatic carbocycles. The van der Waals surface area contributed by atoms with E-state index in [0.29, 0.717) is 12.8 Å². The summed E-state index contributed by atoms with van der Waals surface area (Å²) in [6.07, 6.45) is -3.19. The Morgan fingerprint density at radius 2 is 1.82 bits per heavy atom. The summed E-state index contributed by atoms with van der Waals surface area (Å²) < 4.78 is 17.2. The van der Waals surface area contributed by atoms with E-state index in [1.807, 2.05) is 0 Å². The maximum absolute atomic E-state index is 13.6. The van der Waals surface area contributed by atoms with Crippen LogP contribution in [0.1, 0.15) is 88.6 Å². The third kappa shape index (κ3) is 3.90. The smallest absolute Gasteiger partial charge is 0.202 e. The zero-order chi connectivity index (χ0) is 27.5. The van der Waals surface area contributed by atoms with Crippen LogP contribution < -0.4 is 4.74 Å². The molecule has 1 fully saturated rings. The first-order valence-corrected chi connectivity index (χ1v) is 12.6. The number of rotatable bonds is 5. The van der Waals surface area contributed by atoms with Gasteiger partial charge in [-0.2, -0.15) is 0 Å². The lowest BCUT2D eigenvalue weighted by Gasteiger charge is -2.41. The Hall–Kier alpha value is -3.31. The monoisotopic (exact) mass is 526 g/mol. The summed E-state index contributed by atoms with van der Waals surface area (Å²) >= 11 is 0.